The molecule has 17 heavy (non-hydrogen) atoms. The van der Waals surface area contributed by atoms with E-state index >= 15 is 0 Å². The van der Waals surface area contributed by atoms with Crippen molar-refractivity contribution in [3.63, 3.8) is 0 Å². The summed E-state index contributed by atoms with van der Waals surface area (Å²) in [6, 6.07) is 5.89. The lowest BCUT2D eigenvalue weighted by atomic mass is 9.98. The highest BCUT2D eigenvalue weighted by Gasteiger charge is 2.08. The van der Waals surface area contributed by atoms with Crippen LogP contribution in [0.1, 0.15) is 26.3 Å². The van der Waals surface area contributed by atoms with E-state index in [4.69, 9.17) is 18.0 Å². The van der Waals surface area contributed by atoms with E-state index in [0.717, 1.165) is 22.3 Å². The summed E-state index contributed by atoms with van der Waals surface area (Å²) in [4.78, 5) is 0.424. The summed E-state index contributed by atoms with van der Waals surface area (Å²) >= 11 is 8.47. The van der Waals surface area contributed by atoms with Crippen LogP contribution in [0, 0.1) is 11.8 Å². The minimum Gasteiger partial charge on any atom is -0.389 e. The van der Waals surface area contributed by atoms with Crippen molar-refractivity contribution in [3.8, 4) is 0 Å². The van der Waals surface area contributed by atoms with Crippen molar-refractivity contribution < 1.29 is 0 Å². The highest BCUT2D eigenvalue weighted by Crippen LogP contribution is 2.24. The normalized spacial score (nSPS) is 12.5. The predicted octanol–water partition coefficient (Wildman–Crippen LogP) is 3.79. The van der Waals surface area contributed by atoms with Gasteiger partial charge in [-0.2, -0.15) is 0 Å². The van der Waals surface area contributed by atoms with Crippen LogP contribution in [0.25, 0.3) is 0 Å². The zero-order valence-corrected chi connectivity index (χ0v) is 12.9. The smallest absolute Gasteiger partial charge is 0.104 e. The number of halogens is 1. The molecule has 0 saturated carbocycles. The minimum absolute atomic E-state index is 0.424. The first-order valence-electron chi connectivity index (χ1n) is 5.75. The summed E-state index contributed by atoms with van der Waals surface area (Å²) in [5.41, 5.74) is 7.55. The Morgan fingerprint density at radius 2 is 2.06 bits per heavy atom. The van der Waals surface area contributed by atoms with Crippen molar-refractivity contribution in [3.05, 3.63) is 28.2 Å². The third kappa shape index (κ3) is 4.28. The predicted molar refractivity (Wildman–Crippen MR) is 82.5 cm³/mol. The third-order valence-electron chi connectivity index (χ3n) is 3.01. The van der Waals surface area contributed by atoms with Crippen molar-refractivity contribution in [1.82, 2.24) is 0 Å². The van der Waals surface area contributed by atoms with E-state index in [1.165, 1.54) is 0 Å². The van der Waals surface area contributed by atoms with Crippen molar-refractivity contribution in [2.75, 3.05) is 11.9 Å². The Balaban J connectivity index is 2.70. The average Bonchev–Trinajstić information content (AvgIpc) is 2.26. The Hall–Kier alpha value is -0.610. The third-order valence-corrected chi connectivity index (χ3v) is 3.90. The first-order chi connectivity index (χ1) is 7.91. The zero-order valence-electron chi connectivity index (χ0n) is 10.5. The first kappa shape index (κ1) is 14.5. The molecular weight excluding hydrogens is 296 g/mol. The summed E-state index contributed by atoms with van der Waals surface area (Å²) in [5, 5.41) is 3.43. The quantitative estimate of drug-likeness (QED) is 0.812. The molecule has 0 heterocycles. The second kappa shape index (κ2) is 6.36. The standard InChI is InChI=1S/C13H19BrN2S/c1-8(2)9(3)7-16-12-5-4-10(13(15)17)6-11(12)14/h4-6,8-9,16H,7H2,1-3H3,(H2,15,17). The monoisotopic (exact) mass is 314 g/mol. The van der Waals surface area contributed by atoms with Gasteiger partial charge in [0.2, 0.25) is 0 Å². The molecule has 0 saturated heterocycles. The lowest BCUT2D eigenvalue weighted by Gasteiger charge is -2.18. The number of nitrogens with two attached hydrogens (primary N) is 1. The molecule has 0 radical (unpaired) electrons. The largest absolute Gasteiger partial charge is 0.389 e. The van der Waals surface area contributed by atoms with Gasteiger partial charge in [0, 0.05) is 22.3 Å². The van der Waals surface area contributed by atoms with Crippen molar-refractivity contribution in [2.24, 2.45) is 17.6 Å². The molecule has 0 aliphatic rings. The molecule has 1 aromatic carbocycles. The summed E-state index contributed by atoms with van der Waals surface area (Å²) in [6.45, 7) is 7.67. The molecule has 94 valence electrons. The number of anilines is 1. The van der Waals surface area contributed by atoms with Gasteiger partial charge in [0.05, 0.1) is 0 Å². The summed E-state index contributed by atoms with van der Waals surface area (Å²) in [5.74, 6) is 1.31. The van der Waals surface area contributed by atoms with E-state index in [-0.39, 0.29) is 0 Å². The molecule has 3 N–H and O–H groups in total. The van der Waals surface area contributed by atoms with Gasteiger partial charge in [-0.05, 0) is 46.0 Å². The van der Waals surface area contributed by atoms with Crippen LogP contribution in [-0.4, -0.2) is 11.5 Å². The Bertz CT molecular complexity index is 404. The average molecular weight is 315 g/mol. The summed E-state index contributed by atoms with van der Waals surface area (Å²) in [7, 11) is 0. The molecule has 0 aliphatic heterocycles. The number of rotatable bonds is 5. The second-order valence-corrected chi connectivity index (χ2v) is 5.96. The molecule has 0 spiro atoms. The van der Waals surface area contributed by atoms with E-state index in [2.05, 4.69) is 42.0 Å². The molecule has 1 rings (SSSR count). The lowest BCUT2D eigenvalue weighted by Crippen LogP contribution is -2.16. The van der Waals surface area contributed by atoms with Crippen molar-refractivity contribution in [2.45, 2.75) is 20.8 Å². The Labute approximate surface area is 117 Å². The van der Waals surface area contributed by atoms with Crippen molar-refractivity contribution >= 4 is 38.8 Å². The maximum absolute atomic E-state index is 5.58. The van der Waals surface area contributed by atoms with E-state index in [1.807, 2.05) is 18.2 Å². The second-order valence-electron chi connectivity index (χ2n) is 4.66. The van der Waals surface area contributed by atoms with Gasteiger partial charge in [-0.1, -0.05) is 33.0 Å². The van der Waals surface area contributed by atoms with Gasteiger partial charge in [0.1, 0.15) is 4.99 Å². The van der Waals surface area contributed by atoms with Crippen LogP contribution in [0.3, 0.4) is 0 Å². The molecule has 1 aromatic rings. The van der Waals surface area contributed by atoms with Gasteiger partial charge in [-0.3, -0.25) is 0 Å². The Morgan fingerprint density at radius 3 is 2.53 bits per heavy atom. The van der Waals surface area contributed by atoms with Crippen molar-refractivity contribution in [1.29, 1.82) is 0 Å². The Kier molecular flexibility index (Phi) is 5.40. The number of nitrogens with one attached hydrogen (secondary N) is 1. The fourth-order valence-electron chi connectivity index (χ4n) is 1.32. The lowest BCUT2D eigenvalue weighted by molar-refractivity contribution is 0.439. The number of hydrogen-bond donors (Lipinski definition) is 2. The van der Waals surface area contributed by atoms with Gasteiger partial charge in [-0.25, -0.2) is 0 Å². The zero-order chi connectivity index (χ0) is 13.0. The first-order valence-corrected chi connectivity index (χ1v) is 6.95. The van der Waals surface area contributed by atoms with E-state index in [0.29, 0.717) is 16.8 Å². The fraction of sp³-hybridized carbons (Fsp3) is 0.462. The molecule has 0 fully saturated rings. The Morgan fingerprint density at radius 1 is 1.41 bits per heavy atom. The maximum Gasteiger partial charge on any atom is 0.104 e. The van der Waals surface area contributed by atoms with E-state index in [1.54, 1.807) is 0 Å². The van der Waals surface area contributed by atoms with E-state index in [9.17, 15) is 0 Å². The number of hydrogen-bond acceptors (Lipinski definition) is 2. The highest BCUT2D eigenvalue weighted by atomic mass is 79.9. The SMILES string of the molecule is CC(C)C(C)CNc1ccc(C(N)=S)cc1Br. The van der Waals surface area contributed by atoms with Crippen LogP contribution in [-0.2, 0) is 0 Å². The summed E-state index contributed by atoms with van der Waals surface area (Å²) in [6.07, 6.45) is 0. The molecule has 1 unspecified atom stereocenters. The van der Waals surface area contributed by atoms with E-state index < -0.39 is 0 Å². The van der Waals surface area contributed by atoms with Gasteiger partial charge in [0.15, 0.2) is 0 Å². The van der Waals surface area contributed by atoms with Crippen LogP contribution in [0.4, 0.5) is 5.69 Å². The molecule has 0 amide bonds. The van der Waals surface area contributed by atoms with Gasteiger partial charge < -0.3 is 11.1 Å². The van der Waals surface area contributed by atoms with Crippen LogP contribution in [0.2, 0.25) is 0 Å². The van der Waals surface area contributed by atoms with Crippen LogP contribution in [0.5, 0.6) is 0 Å². The fourth-order valence-corrected chi connectivity index (χ4v) is 1.96. The van der Waals surface area contributed by atoms with Crippen LogP contribution >= 0.6 is 28.1 Å². The molecule has 0 bridgehead atoms. The van der Waals surface area contributed by atoms with Crippen LogP contribution in [0.15, 0.2) is 22.7 Å². The maximum atomic E-state index is 5.58. The minimum atomic E-state index is 0.424. The molecular formula is C13H19BrN2S. The summed E-state index contributed by atoms with van der Waals surface area (Å²) < 4.78 is 0.999. The van der Waals surface area contributed by atoms with Gasteiger partial charge in [0.25, 0.3) is 0 Å². The van der Waals surface area contributed by atoms with Crippen LogP contribution < -0.4 is 11.1 Å². The molecule has 4 heteroatoms. The molecule has 0 aliphatic carbocycles. The molecule has 0 aromatic heterocycles. The molecule has 1 atom stereocenters. The number of thiocarbonyl (C=S) groups is 1. The van der Waals surface area contributed by atoms with Gasteiger partial charge in [-0.15, -0.1) is 0 Å². The molecule has 2 nitrogen and oxygen atoms in total. The van der Waals surface area contributed by atoms with Gasteiger partial charge >= 0.3 is 0 Å². The number of benzene rings is 1. The highest BCUT2D eigenvalue weighted by molar-refractivity contribution is 9.10. The topological polar surface area (TPSA) is 38.0 Å².